The van der Waals surface area contributed by atoms with Gasteiger partial charge in [-0.2, -0.15) is 18.3 Å². The molecule has 0 spiro atoms. The second-order valence-electron chi connectivity index (χ2n) is 3.17. The van der Waals surface area contributed by atoms with Gasteiger partial charge in [0.25, 0.3) is 0 Å². The van der Waals surface area contributed by atoms with Crippen LogP contribution in [0.5, 0.6) is 0 Å². The number of nitrogens with one attached hydrogen (secondary N) is 1. The number of halogens is 4. The van der Waals surface area contributed by atoms with Crippen molar-refractivity contribution < 1.29 is 17.6 Å². The predicted molar refractivity (Wildman–Crippen MR) is 49.0 cm³/mol. The summed E-state index contributed by atoms with van der Waals surface area (Å²) < 4.78 is 50.7. The van der Waals surface area contributed by atoms with Crippen LogP contribution in [0, 0.1) is 5.82 Å². The molecular formula is C10H6F4N2. The first-order chi connectivity index (χ1) is 7.48. The Morgan fingerprint density at radius 2 is 1.94 bits per heavy atom. The van der Waals surface area contributed by atoms with Gasteiger partial charge in [0, 0.05) is 11.8 Å². The van der Waals surface area contributed by atoms with Crippen molar-refractivity contribution >= 4 is 0 Å². The maximum atomic E-state index is 12.8. The van der Waals surface area contributed by atoms with E-state index < -0.39 is 17.6 Å². The summed E-state index contributed by atoms with van der Waals surface area (Å²) in [4.78, 5) is 0. The van der Waals surface area contributed by atoms with Crippen molar-refractivity contribution in [3.05, 3.63) is 42.0 Å². The summed E-state index contributed by atoms with van der Waals surface area (Å²) in [7, 11) is 0. The summed E-state index contributed by atoms with van der Waals surface area (Å²) in [6.45, 7) is 0. The van der Waals surface area contributed by atoms with Crippen LogP contribution < -0.4 is 0 Å². The number of H-pyrrole nitrogens is 1. The fourth-order valence-electron chi connectivity index (χ4n) is 1.40. The molecular weight excluding hydrogens is 224 g/mol. The lowest BCUT2D eigenvalue weighted by Gasteiger charge is -2.11. The first-order valence-corrected chi connectivity index (χ1v) is 4.34. The number of benzene rings is 1. The molecule has 0 fully saturated rings. The number of hydrogen-bond acceptors (Lipinski definition) is 1. The summed E-state index contributed by atoms with van der Waals surface area (Å²) in [6, 6.07) is 2.54. The van der Waals surface area contributed by atoms with Crippen LogP contribution in [-0.2, 0) is 6.18 Å². The second-order valence-corrected chi connectivity index (χ2v) is 3.17. The van der Waals surface area contributed by atoms with Crippen molar-refractivity contribution in [2.45, 2.75) is 6.18 Å². The van der Waals surface area contributed by atoms with Crippen LogP contribution in [0.2, 0.25) is 0 Å². The standard InChI is InChI=1S/C10H6F4N2/c11-7-1-2-8(6-4-15-16-5-6)9(3-7)10(12,13)14/h1-5H,(H,15,16). The fraction of sp³-hybridized carbons (Fsp3) is 0.100. The van der Waals surface area contributed by atoms with E-state index in [-0.39, 0.29) is 11.1 Å². The highest BCUT2D eigenvalue weighted by molar-refractivity contribution is 5.66. The molecule has 0 aliphatic heterocycles. The van der Waals surface area contributed by atoms with Crippen molar-refractivity contribution in [3.8, 4) is 11.1 Å². The average molecular weight is 230 g/mol. The Kier molecular flexibility index (Phi) is 2.41. The summed E-state index contributed by atoms with van der Waals surface area (Å²) >= 11 is 0. The lowest BCUT2D eigenvalue weighted by Crippen LogP contribution is -2.07. The smallest absolute Gasteiger partial charge is 0.285 e. The molecule has 16 heavy (non-hydrogen) atoms. The zero-order valence-corrected chi connectivity index (χ0v) is 7.85. The van der Waals surface area contributed by atoms with Crippen LogP contribution >= 0.6 is 0 Å². The molecule has 0 bridgehead atoms. The third kappa shape index (κ3) is 1.91. The second kappa shape index (κ2) is 3.62. The fourth-order valence-corrected chi connectivity index (χ4v) is 1.40. The Bertz CT molecular complexity index is 488. The van der Waals surface area contributed by atoms with E-state index in [9.17, 15) is 17.6 Å². The molecule has 1 N–H and O–H groups in total. The maximum absolute atomic E-state index is 12.8. The minimum atomic E-state index is -4.59. The first kappa shape index (κ1) is 10.7. The van der Waals surface area contributed by atoms with Gasteiger partial charge in [0.1, 0.15) is 5.82 Å². The number of aromatic nitrogens is 2. The Balaban J connectivity index is 2.62. The van der Waals surface area contributed by atoms with E-state index in [2.05, 4.69) is 10.2 Å². The van der Waals surface area contributed by atoms with E-state index in [0.29, 0.717) is 6.07 Å². The molecule has 0 aliphatic carbocycles. The van der Waals surface area contributed by atoms with E-state index in [1.165, 1.54) is 12.4 Å². The lowest BCUT2D eigenvalue weighted by molar-refractivity contribution is -0.137. The number of rotatable bonds is 1. The van der Waals surface area contributed by atoms with Gasteiger partial charge in [-0.05, 0) is 17.7 Å². The van der Waals surface area contributed by atoms with Crippen LogP contribution in [0.4, 0.5) is 17.6 Å². The highest BCUT2D eigenvalue weighted by Gasteiger charge is 2.34. The largest absolute Gasteiger partial charge is 0.417 e. The van der Waals surface area contributed by atoms with E-state index in [4.69, 9.17) is 0 Å². The van der Waals surface area contributed by atoms with E-state index >= 15 is 0 Å². The molecule has 6 heteroatoms. The third-order valence-corrected chi connectivity index (χ3v) is 2.10. The number of aromatic amines is 1. The number of hydrogen-bond donors (Lipinski definition) is 1. The number of alkyl halides is 3. The molecule has 84 valence electrons. The van der Waals surface area contributed by atoms with Gasteiger partial charge < -0.3 is 0 Å². The van der Waals surface area contributed by atoms with Crippen molar-refractivity contribution in [1.29, 1.82) is 0 Å². The lowest BCUT2D eigenvalue weighted by atomic mass is 10.0. The number of nitrogens with zero attached hydrogens (tertiary/aromatic N) is 1. The molecule has 2 nitrogen and oxygen atoms in total. The Morgan fingerprint density at radius 3 is 2.50 bits per heavy atom. The van der Waals surface area contributed by atoms with Gasteiger partial charge in [-0.25, -0.2) is 4.39 Å². The molecule has 2 aromatic rings. The van der Waals surface area contributed by atoms with Gasteiger partial charge in [0.15, 0.2) is 0 Å². The Morgan fingerprint density at radius 1 is 1.19 bits per heavy atom. The normalized spacial score (nSPS) is 11.8. The predicted octanol–water partition coefficient (Wildman–Crippen LogP) is 3.23. The Labute approximate surface area is 87.9 Å². The molecule has 0 radical (unpaired) electrons. The van der Waals surface area contributed by atoms with Gasteiger partial charge in [-0.15, -0.1) is 0 Å². The Hall–Kier alpha value is -1.85. The van der Waals surface area contributed by atoms with Crippen molar-refractivity contribution in [2.24, 2.45) is 0 Å². The highest BCUT2D eigenvalue weighted by Crippen LogP contribution is 2.37. The topological polar surface area (TPSA) is 28.7 Å². The molecule has 1 heterocycles. The summed E-state index contributed by atoms with van der Waals surface area (Å²) in [5, 5.41) is 5.97. The van der Waals surface area contributed by atoms with Gasteiger partial charge >= 0.3 is 6.18 Å². The van der Waals surface area contributed by atoms with Crippen molar-refractivity contribution in [3.63, 3.8) is 0 Å². The van der Waals surface area contributed by atoms with Gasteiger partial charge in [-0.3, -0.25) is 5.10 Å². The first-order valence-electron chi connectivity index (χ1n) is 4.34. The monoisotopic (exact) mass is 230 g/mol. The molecule has 1 aromatic carbocycles. The van der Waals surface area contributed by atoms with Crippen LogP contribution in [0.3, 0.4) is 0 Å². The van der Waals surface area contributed by atoms with E-state index in [1.54, 1.807) is 0 Å². The van der Waals surface area contributed by atoms with E-state index in [1.807, 2.05) is 0 Å². The molecule has 2 rings (SSSR count). The van der Waals surface area contributed by atoms with Crippen molar-refractivity contribution in [2.75, 3.05) is 0 Å². The quantitative estimate of drug-likeness (QED) is 0.748. The highest BCUT2D eigenvalue weighted by atomic mass is 19.4. The summed E-state index contributed by atoms with van der Waals surface area (Å²) in [5.41, 5.74) is -0.830. The average Bonchev–Trinajstić information content (AvgIpc) is 2.69. The molecule has 0 saturated carbocycles. The van der Waals surface area contributed by atoms with Crippen LogP contribution in [0.1, 0.15) is 5.56 Å². The minimum Gasteiger partial charge on any atom is -0.285 e. The third-order valence-electron chi connectivity index (χ3n) is 2.10. The van der Waals surface area contributed by atoms with Gasteiger partial charge in [-0.1, -0.05) is 6.07 Å². The van der Waals surface area contributed by atoms with Crippen LogP contribution in [-0.4, -0.2) is 10.2 Å². The molecule has 0 amide bonds. The summed E-state index contributed by atoms with van der Waals surface area (Å²) in [5.74, 6) is -0.917. The van der Waals surface area contributed by atoms with E-state index in [0.717, 1.165) is 12.1 Å². The molecule has 0 saturated heterocycles. The summed E-state index contributed by atoms with van der Waals surface area (Å²) in [6.07, 6.45) is -2.01. The zero-order valence-electron chi connectivity index (χ0n) is 7.85. The SMILES string of the molecule is Fc1ccc(-c2cn[nH]c2)c(C(F)(F)F)c1. The minimum absolute atomic E-state index is 0.0948. The van der Waals surface area contributed by atoms with Gasteiger partial charge in [0.2, 0.25) is 0 Å². The zero-order chi connectivity index (χ0) is 11.8. The maximum Gasteiger partial charge on any atom is 0.417 e. The molecule has 0 aliphatic rings. The van der Waals surface area contributed by atoms with Gasteiger partial charge in [0.05, 0.1) is 11.8 Å². The van der Waals surface area contributed by atoms with Crippen molar-refractivity contribution in [1.82, 2.24) is 10.2 Å². The van der Waals surface area contributed by atoms with Crippen LogP contribution in [0.15, 0.2) is 30.6 Å². The molecule has 1 aromatic heterocycles. The molecule has 0 atom stereocenters. The van der Waals surface area contributed by atoms with Crippen LogP contribution in [0.25, 0.3) is 11.1 Å². The molecule has 0 unspecified atom stereocenters.